The van der Waals surface area contributed by atoms with Crippen molar-refractivity contribution in [3.05, 3.63) is 0 Å². The number of ketones is 1. The molecule has 0 aliphatic heterocycles. The summed E-state index contributed by atoms with van der Waals surface area (Å²) in [5.41, 5.74) is 1.00. The van der Waals surface area contributed by atoms with E-state index in [0.717, 1.165) is 6.42 Å². The Kier molecular flexibility index (Phi) is 3.08. The molecule has 0 N–H and O–H groups in total. The number of Topliss-reactive ketones (excluding diaryl/α,β-unsaturated/α-hetero) is 1. The van der Waals surface area contributed by atoms with Gasteiger partial charge in [0.05, 0.1) is 0 Å². The van der Waals surface area contributed by atoms with Gasteiger partial charge in [0.15, 0.2) is 0 Å². The van der Waals surface area contributed by atoms with Crippen LogP contribution in [0.5, 0.6) is 0 Å². The second-order valence-electron chi connectivity index (χ2n) is 6.09. The summed E-state index contributed by atoms with van der Waals surface area (Å²) in [7, 11) is 0. The van der Waals surface area contributed by atoms with Crippen LogP contribution < -0.4 is 0 Å². The maximum absolute atomic E-state index is 11.2. The molecule has 0 aromatic heterocycles. The number of carbonyl (C=O) groups excluding carboxylic acids is 1. The van der Waals surface area contributed by atoms with E-state index in [2.05, 4.69) is 27.7 Å². The minimum Gasteiger partial charge on any atom is -0.300 e. The minimum atomic E-state index is 0.256. The average Bonchev–Trinajstić information content (AvgIpc) is 2.00. The van der Waals surface area contributed by atoms with Gasteiger partial charge in [0, 0.05) is 5.92 Å². The van der Waals surface area contributed by atoms with Gasteiger partial charge in [0.1, 0.15) is 5.78 Å². The monoisotopic (exact) mass is 196 g/mol. The summed E-state index contributed by atoms with van der Waals surface area (Å²) in [6.45, 7) is 10.7. The normalized spacial score (nSPS) is 25.2. The van der Waals surface area contributed by atoms with Crippen molar-refractivity contribution in [3.63, 3.8) is 0 Å². The summed E-state index contributed by atoms with van der Waals surface area (Å²) >= 11 is 0. The summed E-state index contributed by atoms with van der Waals surface area (Å²) in [6.07, 6.45) is 4.93. The molecule has 1 nitrogen and oxygen atoms in total. The van der Waals surface area contributed by atoms with E-state index in [9.17, 15) is 4.79 Å². The Bertz CT molecular complexity index is 219. The Balaban J connectivity index is 2.54. The summed E-state index contributed by atoms with van der Waals surface area (Å²) in [5, 5.41) is 0. The molecule has 1 aliphatic carbocycles. The number of carbonyl (C=O) groups is 1. The second kappa shape index (κ2) is 3.67. The van der Waals surface area contributed by atoms with Crippen LogP contribution in [0.15, 0.2) is 0 Å². The van der Waals surface area contributed by atoms with Crippen molar-refractivity contribution in [1.82, 2.24) is 0 Å². The lowest BCUT2D eigenvalue weighted by molar-refractivity contribution is -0.123. The molecule has 1 unspecified atom stereocenters. The van der Waals surface area contributed by atoms with Gasteiger partial charge in [-0.2, -0.15) is 0 Å². The van der Waals surface area contributed by atoms with Crippen LogP contribution in [-0.4, -0.2) is 5.78 Å². The molecule has 1 fully saturated rings. The third kappa shape index (κ3) is 2.37. The fourth-order valence-corrected chi connectivity index (χ4v) is 3.31. The maximum Gasteiger partial charge on any atom is 0.132 e. The van der Waals surface area contributed by atoms with E-state index >= 15 is 0 Å². The van der Waals surface area contributed by atoms with E-state index in [1.54, 1.807) is 6.92 Å². The predicted molar refractivity (Wildman–Crippen MR) is 60.2 cm³/mol. The molecule has 14 heavy (non-hydrogen) atoms. The molecule has 1 aliphatic rings. The van der Waals surface area contributed by atoms with Gasteiger partial charge < -0.3 is 0 Å². The molecule has 0 aromatic rings. The third-order valence-corrected chi connectivity index (χ3v) is 3.89. The average molecular weight is 196 g/mol. The Morgan fingerprint density at radius 3 is 2.14 bits per heavy atom. The van der Waals surface area contributed by atoms with E-state index in [4.69, 9.17) is 0 Å². The van der Waals surface area contributed by atoms with Crippen LogP contribution in [0.4, 0.5) is 0 Å². The molecule has 0 aromatic carbocycles. The molecule has 1 heteroatoms. The third-order valence-electron chi connectivity index (χ3n) is 3.89. The molecular weight excluding hydrogens is 172 g/mol. The Hall–Kier alpha value is -0.330. The molecule has 0 bridgehead atoms. The van der Waals surface area contributed by atoms with E-state index < -0.39 is 0 Å². The topological polar surface area (TPSA) is 17.1 Å². The van der Waals surface area contributed by atoms with Gasteiger partial charge in [-0.1, -0.05) is 34.1 Å². The number of rotatable bonds is 4. The van der Waals surface area contributed by atoms with Crippen LogP contribution in [0.3, 0.4) is 0 Å². The van der Waals surface area contributed by atoms with E-state index in [0.29, 0.717) is 16.6 Å². The van der Waals surface area contributed by atoms with E-state index in [-0.39, 0.29) is 5.92 Å². The zero-order valence-electron chi connectivity index (χ0n) is 10.3. The van der Waals surface area contributed by atoms with Crippen molar-refractivity contribution in [2.24, 2.45) is 16.7 Å². The van der Waals surface area contributed by atoms with Crippen LogP contribution in [0, 0.1) is 16.7 Å². The first-order valence-corrected chi connectivity index (χ1v) is 5.81. The van der Waals surface area contributed by atoms with Crippen molar-refractivity contribution in [2.45, 2.75) is 60.3 Å². The second-order valence-corrected chi connectivity index (χ2v) is 6.09. The van der Waals surface area contributed by atoms with Crippen LogP contribution >= 0.6 is 0 Å². The molecular formula is C13H24O. The molecule has 1 atom stereocenters. The molecule has 1 saturated carbocycles. The highest BCUT2D eigenvalue weighted by Gasteiger charge is 2.48. The first kappa shape index (κ1) is 11.7. The number of hydrogen-bond donors (Lipinski definition) is 0. The molecule has 0 radical (unpaired) electrons. The molecule has 1 rings (SSSR count). The van der Waals surface area contributed by atoms with Gasteiger partial charge in [-0.3, -0.25) is 4.79 Å². The summed E-state index contributed by atoms with van der Waals surface area (Å²) in [4.78, 5) is 11.2. The van der Waals surface area contributed by atoms with Crippen LogP contribution in [0.25, 0.3) is 0 Å². The standard InChI is InChI=1S/C13H24O/c1-6-13(7-10(2)11(3)14)8-12(4,5)9-13/h10H,6-9H2,1-5H3. The van der Waals surface area contributed by atoms with Gasteiger partial charge in [-0.15, -0.1) is 0 Å². The van der Waals surface area contributed by atoms with Gasteiger partial charge in [-0.05, 0) is 37.0 Å². The van der Waals surface area contributed by atoms with E-state index in [1.165, 1.54) is 19.3 Å². The molecule has 82 valence electrons. The van der Waals surface area contributed by atoms with Crippen molar-refractivity contribution >= 4 is 5.78 Å². The fraction of sp³-hybridized carbons (Fsp3) is 0.923. The predicted octanol–water partition coefficient (Wildman–Crippen LogP) is 3.82. The maximum atomic E-state index is 11.2. The number of hydrogen-bond acceptors (Lipinski definition) is 1. The minimum absolute atomic E-state index is 0.256. The summed E-state index contributed by atoms with van der Waals surface area (Å²) in [5.74, 6) is 0.605. The highest BCUT2D eigenvalue weighted by Crippen LogP contribution is 2.58. The lowest BCUT2D eigenvalue weighted by Gasteiger charge is -2.54. The van der Waals surface area contributed by atoms with Crippen LogP contribution in [0.1, 0.15) is 60.3 Å². The SMILES string of the molecule is CCC1(CC(C)C(C)=O)CC(C)(C)C1. The zero-order valence-corrected chi connectivity index (χ0v) is 10.3. The lowest BCUT2D eigenvalue weighted by Crippen LogP contribution is -2.44. The van der Waals surface area contributed by atoms with Crippen molar-refractivity contribution < 1.29 is 4.79 Å². The van der Waals surface area contributed by atoms with Crippen molar-refractivity contribution in [1.29, 1.82) is 0 Å². The van der Waals surface area contributed by atoms with Crippen molar-refractivity contribution in [2.75, 3.05) is 0 Å². The molecule has 0 saturated heterocycles. The lowest BCUT2D eigenvalue weighted by atomic mass is 9.51. The first-order valence-electron chi connectivity index (χ1n) is 5.81. The summed E-state index contributed by atoms with van der Waals surface area (Å²) in [6, 6.07) is 0. The van der Waals surface area contributed by atoms with Gasteiger partial charge >= 0.3 is 0 Å². The van der Waals surface area contributed by atoms with Gasteiger partial charge in [-0.25, -0.2) is 0 Å². The fourth-order valence-electron chi connectivity index (χ4n) is 3.31. The van der Waals surface area contributed by atoms with Crippen molar-refractivity contribution in [3.8, 4) is 0 Å². The largest absolute Gasteiger partial charge is 0.300 e. The van der Waals surface area contributed by atoms with Crippen LogP contribution in [0.2, 0.25) is 0 Å². The smallest absolute Gasteiger partial charge is 0.132 e. The first-order chi connectivity index (χ1) is 6.30. The Morgan fingerprint density at radius 1 is 1.36 bits per heavy atom. The summed E-state index contributed by atoms with van der Waals surface area (Å²) < 4.78 is 0. The highest BCUT2D eigenvalue weighted by atomic mass is 16.1. The highest BCUT2D eigenvalue weighted by molar-refractivity contribution is 5.77. The molecule has 0 amide bonds. The molecule has 0 spiro atoms. The molecule has 0 heterocycles. The van der Waals surface area contributed by atoms with Gasteiger partial charge in [0.2, 0.25) is 0 Å². The quantitative estimate of drug-likeness (QED) is 0.668. The Morgan fingerprint density at radius 2 is 1.86 bits per heavy atom. The van der Waals surface area contributed by atoms with Crippen LogP contribution in [-0.2, 0) is 4.79 Å². The zero-order chi connectivity index (χ0) is 11.0. The Labute approximate surface area is 88.3 Å². The van der Waals surface area contributed by atoms with Gasteiger partial charge in [0.25, 0.3) is 0 Å². The van der Waals surface area contributed by atoms with E-state index in [1.807, 2.05) is 0 Å².